The summed E-state index contributed by atoms with van der Waals surface area (Å²) in [6, 6.07) is 0. The Hall–Kier alpha value is -1.11. The van der Waals surface area contributed by atoms with Crippen LogP contribution in [-0.2, 0) is 16.0 Å². The van der Waals surface area contributed by atoms with E-state index in [2.05, 4.69) is 4.98 Å². The zero-order valence-corrected chi connectivity index (χ0v) is 12.9. The van der Waals surface area contributed by atoms with E-state index in [0.717, 1.165) is 25.7 Å². The summed E-state index contributed by atoms with van der Waals surface area (Å²) in [5.41, 5.74) is -0.223. The Kier molecular flexibility index (Phi) is 6.02. The molecule has 0 atom stereocenters. The third-order valence-corrected chi connectivity index (χ3v) is 4.13. The van der Waals surface area contributed by atoms with Gasteiger partial charge in [-0.15, -0.1) is 0 Å². The second-order valence-electron chi connectivity index (χ2n) is 5.20. The molecule has 0 aliphatic heterocycles. The average molecular weight is 317 g/mol. The first-order chi connectivity index (χ1) is 10.1. The Bertz CT molecular complexity index is 575. The Balaban J connectivity index is 2.15. The van der Waals surface area contributed by atoms with Crippen LogP contribution >= 0.6 is 11.6 Å². The van der Waals surface area contributed by atoms with Crippen LogP contribution in [-0.4, -0.2) is 36.5 Å². The third kappa shape index (κ3) is 3.96. The summed E-state index contributed by atoms with van der Waals surface area (Å²) in [6.45, 7) is 1.43. The number of ether oxygens (including phenoxy) is 2. The molecule has 1 aliphatic rings. The van der Waals surface area contributed by atoms with Gasteiger partial charge in [-0.05, 0) is 18.8 Å². The molecule has 118 valence electrons. The highest BCUT2D eigenvalue weighted by molar-refractivity contribution is 6.30. The number of aromatic nitrogens is 2. The summed E-state index contributed by atoms with van der Waals surface area (Å²) < 4.78 is 11.4. The maximum absolute atomic E-state index is 12.5. The number of nitrogens with zero attached hydrogens (tertiary/aromatic N) is 1. The van der Waals surface area contributed by atoms with Gasteiger partial charge >= 0.3 is 5.69 Å². The molecule has 1 heterocycles. The molecular formula is C14H21ClN2O4. The van der Waals surface area contributed by atoms with Gasteiger partial charge in [0.1, 0.15) is 5.15 Å². The summed E-state index contributed by atoms with van der Waals surface area (Å²) in [7, 11) is 1.59. The van der Waals surface area contributed by atoms with Crippen molar-refractivity contribution in [2.24, 2.45) is 0 Å². The van der Waals surface area contributed by atoms with Crippen LogP contribution in [0.25, 0.3) is 0 Å². The number of hydrogen-bond donors (Lipinski definition) is 1. The van der Waals surface area contributed by atoms with Crippen molar-refractivity contribution in [3.8, 4) is 0 Å². The monoisotopic (exact) mass is 316 g/mol. The maximum Gasteiger partial charge on any atom is 0.329 e. The lowest BCUT2D eigenvalue weighted by atomic mass is 10.0. The van der Waals surface area contributed by atoms with Crippen LogP contribution in [0.15, 0.2) is 9.59 Å². The predicted octanol–water partition coefficient (Wildman–Crippen LogP) is 1.51. The minimum absolute atomic E-state index is 0.155. The lowest BCUT2D eigenvalue weighted by molar-refractivity contribution is 0.0658. The zero-order valence-electron chi connectivity index (χ0n) is 12.2. The number of methoxy groups -OCH3 is 1. The molecule has 0 amide bonds. The summed E-state index contributed by atoms with van der Waals surface area (Å²) >= 11 is 6.07. The van der Waals surface area contributed by atoms with Crippen LogP contribution in [0.2, 0.25) is 5.15 Å². The zero-order chi connectivity index (χ0) is 15.2. The molecule has 6 nitrogen and oxygen atoms in total. The second kappa shape index (κ2) is 7.77. The van der Waals surface area contributed by atoms with Gasteiger partial charge in [-0.2, -0.15) is 0 Å². The van der Waals surface area contributed by atoms with E-state index in [1.807, 2.05) is 0 Å². The number of nitrogens with one attached hydrogen (secondary N) is 1. The van der Waals surface area contributed by atoms with Gasteiger partial charge < -0.3 is 9.47 Å². The van der Waals surface area contributed by atoms with Crippen LogP contribution in [0, 0.1) is 0 Å². The van der Waals surface area contributed by atoms with Gasteiger partial charge in [-0.25, -0.2) is 4.79 Å². The lowest BCUT2D eigenvalue weighted by Crippen LogP contribution is -2.39. The van der Waals surface area contributed by atoms with Gasteiger partial charge in [0.2, 0.25) is 0 Å². The quantitative estimate of drug-likeness (QED) is 0.611. The van der Waals surface area contributed by atoms with Gasteiger partial charge in [0.05, 0.1) is 31.9 Å². The Morgan fingerprint density at radius 3 is 2.62 bits per heavy atom. The van der Waals surface area contributed by atoms with Crippen molar-refractivity contribution >= 4 is 11.6 Å². The Morgan fingerprint density at radius 2 is 1.95 bits per heavy atom. The topological polar surface area (TPSA) is 73.3 Å². The van der Waals surface area contributed by atoms with Gasteiger partial charge in [0.15, 0.2) is 0 Å². The summed E-state index contributed by atoms with van der Waals surface area (Å²) in [5.74, 6) is 0.155. The molecule has 2 rings (SSSR count). The van der Waals surface area contributed by atoms with Crippen molar-refractivity contribution in [1.29, 1.82) is 0 Å². The van der Waals surface area contributed by atoms with Crippen LogP contribution in [0.4, 0.5) is 0 Å². The highest BCUT2D eigenvalue weighted by atomic mass is 35.5. The molecule has 0 spiro atoms. The fraction of sp³-hybridized carbons (Fsp3) is 0.714. The van der Waals surface area contributed by atoms with Crippen LogP contribution < -0.4 is 11.2 Å². The molecule has 21 heavy (non-hydrogen) atoms. The molecule has 1 aliphatic carbocycles. The fourth-order valence-electron chi connectivity index (χ4n) is 2.73. The Morgan fingerprint density at radius 1 is 1.24 bits per heavy atom. The van der Waals surface area contributed by atoms with Crippen molar-refractivity contribution in [3.63, 3.8) is 0 Å². The molecule has 0 radical (unpaired) electrons. The van der Waals surface area contributed by atoms with E-state index in [-0.39, 0.29) is 29.8 Å². The Labute approximate surface area is 128 Å². The number of H-pyrrole nitrogens is 1. The molecule has 0 aromatic carbocycles. The molecule has 1 saturated carbocycles. The summed E-state index contributed by atoms with van der Waals surface area (Å²) in [6.07, 6.45) is 4.09. The predicted molar refractivity (Wildman–Crippen MR) is 80.2 cm³/mol. The van der Waals surface area contributed by atoms with Crippen molar-refractivity contribution in [2.75, 3.05) is 26.9 Å². The third-order valence-electron chi connectivity index (χ3n) is 3.83. The van der Waals surface area contributed by atoms with Gasteiger partial charge in [0, 0.05) is 7.11 Å². The standard InChI is InChI=1S/C14H21ClN2O4/c1-20-8-9-21-7-6-17-13(18)11(10-4-2-3-5-10)12(15)16-14(17)19/h10H,2-9H2,1H3,(H,16,19). The largest absolute Gasteiger partial charge is 0.382 e. The number of hydrogen-bond acceptors (Lipinski definition) is 4. The minimum atomic E-state index is -0.484. The van der Waals surface area contributed by atoms with E-state index in [9.17, 15) is 9.59 Å². The molecule has 1 fully saturated rings. The molecule has 1 aromatic rings. The number of aromatic amines is 1. The molecule has 0 saturated heterocycles. The summed E-state index contributed by atoms with van der Waals surface area (Å²) in [5, 5.41) is 0.188. The molecule has 1 N–H and O–H groups in total. The number of halogens is 1. The van der Waals surface area contributed by atoms with Crippen molar-refractivity contribution in [2.45, 2.75) is 38.1 Å². The van der Waals surface area contributed by atoms with Gasteiger partial charge in [-0.1, -0.05) is 24.4 Å². The highest BCUT2D eigenvalue weighted by Crippen LogP contribution is 2.34. The minimum Gasteiger partial charge on any atom is -0.382 e. The molecule has 1 aromatic heterocycles. The lowest BCUT2D eigenvalue weighted by Gasteiger charge is -2.13. The fourth-order valence-corrected chi connectivity index (χ4v) is 3.05. The second-order valence-corrected chi connectivity index (χ2v) is 5.58. The van der Waals surface area contributed by atoms with Gasteiger partial charge in [-0.3, -0.25) is 14.3 Å². The smallest absolute Gasteiger partial charge is 0.329 e. The first-order valence-electron chi connectivity index (χ1n) is 7.24. The van der Waals surface area contributed by atoms with Crippen molar-refractivity contribution in [1.82, 2.24) is 9.55 Å². The van der Waals surface area contributed by atoms with E-state index in [1.54, 1.807) is 7.11 Å². The van der Waals surface area contributed by atoms with E-state index in [0.29, 0.717) is 18.8 Å². The highest BCUT2D eigenvalue weighted by Gasteiger charge is 2.24. The maximum atomic E-state index is 12.5. The molecule has 0 unspecified atom stereocenters. The molecular weight excluding hydrogens is 296 g/mol. The van der Waals surface area contributed by atoms with E-state index in [4.69, 9.17) is 21.1 Å². The normalized spacial score (nSPS) is 15.7. The van der Waals surface area contributed by atoms with Crippen LogP contribution in [0.3, 0.4) is 0 Å². The van der Waals surface area contributed by atoms with Crippen molar-refractivity contribution < 1.29 is 9.47 Å². The van der Waals surface area contributed by atoms with Crippen molar-refractivity contribution in [3.05, 3.63) is 31.6 Å². The average Bonchev–Trinajstić information content (AvgIpc) is 2.95. The molecule has 0 bridgehead atoms. The number of rotatable bonds is 7. The van der Waals surface area contributed by atoms with Crippen LogP contribution in [0.5, 0.6) is 0 Å². The van der Waals surface area contributed by atoms with E-state index in [1.165, 1.54) is 4.57 Å². The molecule has 7 heteroatoms. The SMILES string of the molecule is COCCOCCn1c(=O)[nH]c(Cl)c(C2CCCC2)c1=O. The first kappa shape index (κ1) is 16.3. The van der Waals surface area contributed by atoms with Gasteiger partial charge in [0.25, 0.3) is 5.56 Å². The first-order valence-corrected chi connectivity index (χ1v) is 7.62. The summed E-state index contributed by atoms with van der Waals surface area (Å²) in [4.78, 5) is 27.0. The van der Waals surface area contributed by atoms with E-state index < -0.39 is 5.69 Å². The van der Waals surface area contributed by atoms with Crippen LogP contribution in [0.1, 0.15) is 37.2 Å². The van der Waals surface area contributed by atoms with E-state index >= 15 is 0 Å².